The molecule has 1 aromatic rings. The summed E-state index contributed by atoms with van der Waals surface area (Å²) in [7, 11) is 1.56. The summed E-state index contributed by atoms with van der Waals surface area (Å²) in [6.07, 6.45) is 0.918. The van der Waals surface area contributed by atoms with Crippen molar-refractivity contribution in [3.63, 3.8) is 0 Å². The molecular formula is C15H21N3O3. The van der Waals surface area contributed by atoms with E-state index in [1.54, 1.807) is 19.2 Å². The molecular weight excluding hydrogens is 270 g/mol. The third-order valence-corrected chi connectivity index (χ3v) is 3.41. The number of benzene rings is 1. The van der Waals surface area contributed by atoms with Crippen LogP contribution in [-0.2, 0) is 4.74 Å². The van der Waals surface area contributed by atoms with Gasteiger partial charge in [-0.15, -0.1) is 0 Å². The zero-order valence-corrected chi connectivity index (χ0v) is 12.3. The number of nitrogen functional groups attached to an aromatic ring is 1. The van der Waals surface area contributed by atoms with Crippen LogP contribution in [0.4, 0.5) is 11.4 Å². The predicted molar refractivity (Wildman–Crippen MR) is 81.0 cm³/mol. The van der Waals surface area contributed by atoms with Crippen molar-refractivity contribution in [2.45, 2.75) is 6.42 Å². The second-order valence-corrected chi connectivity index (χ2v) is 4.83. The SMILES string of the molecule is [C-]#[N+]c1cc(OCCCN2CCOCC2)c(OC)cc1N. The molecule has 0 radical (unpaired) electrons. The van der Waals surface area contributed by atoms with Crippen LogP contribution < -0.4 is 15.2 Å². The second kappa shape index (κ2) is 7.72. The molecule has 0 aliphatic carbocycles. The maximum atomic E-state index is 7.09. The maximum Gasteiger partial charge on any atom is 0.213 e. The standard InChI is InChI=1S/C15H21N3O3/c1-17-13-11-15(14(19-2)10-12(13)16)21-7-3-4-18-5-8-20-9-6-18/h10-11H,3-9,16H2,2H3. The molecule has 0 aromatic heterocycles. The molecule has 21 heavy (non-hydrogen) atoms. The van der Waals surface area contributed by atoms with Gasteiger partial charge in [-0.2, -0.15) is 0 Å². The van der Waals surface area contributed by atoms with Gasteiger partial charge < -0.3 is 19.9 Å². The van der Waals surface area contributed by atoms with Gasteiger partial charge in [0.1, 0.15) is 0 Å². The molecule has 1 heterocycles. The molecule has 114 valence electrons. The van der Waals surface area contributed by atoms with Crippen LogP contribution in [0.15, 0.2) is 12.1 Å². The maximum absolute atomic E-state index is 7.09. The van der Waals surface area contributed by atoms with Crippen molar-refractivity contribution in [3.8, 4) is 11.5 Å². The molecule has 0 unspecified atom stereocenters. The largest absolute Gasteiger partial charge is 0.493 e. The molecule has 1 fully saturated rings. The summed E-state index contributed by atoms with van der Waals surface area (Å²) in [6, 6.07) is 3.26. The lowest BCUT2D eigenvalue weighted by Crippen LogP contribution is -2.37. The fourth-order valence-electron chi connectivity index (χ4n) is 2.23. The van der Waals surface area contributed by atoms with Gasteiger partial charge >= 0.3 is 0 Å². The summed E-state index contributed by atoms with van der Waals surface area (Å²) >= 11 is 0. The highest BCUT2D eigenvalue weighted by molar-refractivity contribution is 5.72. The van der Waals surface area contributed by atoms with Crippen LogP contribution in [0.25, 0.3) is 4.85 Å². The number of nitrogens with zero attached hydrogens (tertiary/aromatic N) is 2. The quantitative estimate of drug-likeness (QED) is 0.493. The first-order valence-corrected chi connectivity index (χ1v) is 7.02. The molecule has 6 heteroatoms. The highest BCUT2D eigenvalue weighted by Gasteiger charge is 2.11. The van der Waals surface area contributed by atoms with Crippen LogP contribution in [0.3, 0.4) is 0 Å². The average molecular weight is 291 g/mol. The Morgan fingerprint density at radius 3 is 2.76 bits per heavy atom. The Labute approximate surface area is 125 Å². The minimum atomic E-state index is 0.388. The number of morpholine rings is 1. The number of hydrogen-bond donors (Lipinski definition) is 1. The van der Waals surface area contributed by atoms with Gasteiger partial charge in [0.15, 0.2) is 11.5 Å². The van der Waals surface area contributed by atoms with E-state index < -0.39 is 0 Å². The van der Waals surface area contributed by atoms with Gasteiger partial charge in [-0.3, -0.25) is 4.90 Å². The van der Waals surface area contributed by atoms with Crippen molar-refractivity contribution in [1.82, 2.24) is 4.90 Å². The molecule has 0 bridgehead atoms. The van der Waals surface area contributed by atoms with E-state index >= 15 is 0 Å². The molecule has 0 spiro atoms. The van der Waals surface area contributed by atoms with E-state index in [1.165, 1.54) is 0 Å². The molecule has 1 aliphatic rings. The number of rotatable bonds is 6. The summed E-state index contributed by atoms with van der Waals surface area (Å²) in [5, 5.41) is 0. The fraction of sp³-hybridized carbons (Fsp3) is 0.533. The normalized spacial score (nSPS) is 15.4. The third kappa shape index (κ3) is 4.25. The predicted octanol–water partition coefficient (Wildman–Crippen LogP) is 1.93. The zero-order valence-electron chi connectivity index (χ0n) is 12.3. The van der Waals surface area contributed by atoms with E-state index in [4.69, 9.17) is 26.5 Å². The van der Waals surface area contributed by atoms with Crippen molar-refractivity contribution in [2.75, 3.05) is 52.3 Å². The minimum Gasteiger partial charge on any atom is -0.493 e. The summed E-state index contributed by atoms with van der Waals surface area (Å²) in [6.45, 7) is 12.2. The summed E-state index contributed by atoms with van der Waals surface area (Å²) in [4.78, 5) is 5.73. The van der Waals surface area contributed by atoms with Crippen molar-refractivity contribution in [3.05, 3.63) is 23.5 Å². The number of anilines is 1. The lowest BCUT2D eigenvalue weighted by Gasteiger charge is -2.26. The van der Waals surface area contributed by atoms with Crippen molar-refractivity contribution in [2.24, 2.45) is 0 Å². The monoisotopic (exact) mass is 291 g/mol. The topological polar surface area (TPSA) is 61.3 Å². The lowest BCUT2D eigenvalue weighted by molar-refractivity contribution is 0.0357. The zero-order chi connectivity index (χ0) is 15.1. The van der Waals surface area contributed by atoms with Crippen molar-refractivity contribution >= 4 is 11.4 Å². The average Bonchev–Trinajstić information content (AvgIpc) is 2.53. The van der Waals surface area contributed by atoms with Gasteiger partial charge in [0.05, 0.1) is 33.5 Å². The molecule has 1 saturated heterocycles. The Morgan fingerprint density at radius 1 is 1.33 bits per heavy atom. The van der Waals surface area contributed by atoms with E-state index in [9.17, 15) is 0 Å². The second-order valence-electron chi connectivity index (χ2n) is 4.83. The van der Waals surface area contributed by atoms with Gasteiger partial charge in [0, 0.05) is 25.3 Å². The highest BCUT2D eigenvalue weighted by Crippen LogP contribution is 2.36. The van der Waals surface area contributed by atoms with Gasteiger partial charge in [-0.1, -0.05) is 0 Å². The Morgan fingerprint density at radius 2 is 2.10 bits per heavy atom. The van der Waals surface area contributed by atoms with E-state index in [0.717, 1.165) is 39.3 Å². The summed E-state index contributed by atoms with van der Waals surface area (Å²) < 4.78 is 16.3. The van der Waals surface area contributed by atoms with E-state index in [0.29, 0.717) is 29.5 Å². The smallest absolute Gasteiger partial charge is 0.213 e. The minimum absolute atomic E-state index is 0.388. The molecule has 1 aromatic carbocycles. The molecule has 0 saturated carbocycles. The highest BCUT2D eigenvalue weighted by atomic mass is 16.5. The van der Waals surface area contributed by atoms with Gasteiger partial charge in [0.25, 0.3) is 0 Å². The number of ether oxygens (including phenoxy) is 3. The van der Waals surface area contributed by atoms with Crippen LogP contribution in [0.5, 0.6) is 11.5 Å². The summed E-state index contributed by atoms with van der Waals surface area (Å²) in [5.41, 5.74) is 6.55. The molecule has 0 atom stereocenters. The summed E-state index contributed by atoms with van der Waals surface area (Å²) in [5.74, 6) is 1.13. The van der Waals surface area contributed by atoms with Crippen molar-refractivity contribution in [1.29, 1.82) is 0 Å². The van der Waals surface area contributed by atoms with E-state index in [2.05, 4.69) is 9.74 Å². The van der Waals surface area contributed by atoms with Crippen LogP contribution >= 0.6 is 0 Å². The van der Waals surface area contributed by atoms with Gasteiger partial charge in [-0.25, -0.2) is 4.85 Å². The fourth-order valence-corrected chi connectivity index (χ4v) is 2.23. The molecule has 6 nitrogen and oxygen atoms in total. The molecule has 0 amide bonds. The third-order valence-electron chi connectivity index (χ3n) is 3.41. The molecule has 2 rings (SSSR count). The van der Waals surface area contributed by atoms with E-state index in [-0.39, 0.29) is 0 Å². The van der Waals surface area contributed by atoms with Gasteiger partial charge in [-0.05, 0) is 18.6 Å². The van der Waals surface area contributed by atoms with Crippen LogP contribution in [0.2, 0.25) is 0 Å². The molecule has 1 aliphatic heterocycles. The lowest BCUT2D eigenvalue weighted by atomic mass is 10.2. The van der Waals surface area contributed by atoms with E-state index in [1.807, 2.05) is 0 Å². The number of hydrogen-bond acceptors (Lipinski definition) is 5. The van der Waals surface area contributed by atoms with Crippen LogP contribution in [0, 0.1) is 6.57 Å². The number of methoxy groups -OCH3 is 1. The van der Waals surface area contributed by atoms with Crippen LogP contribution in [0.1, 0.15) is 6.42 Å². The Bertz CT molecular complexity index is 508. The number of nitrogens with two attached hydrogens (primary N) is 1. The molecule has 2 N–H and O–H groups in total. The Balaban J connectivity index is 1.86. The van der Waals surface area contributed by atoms with Gasteiger partial charge in [0.2, 0.25) is 5.69 Å². The van der Waals surface area contributed by atoms with Crippen molar-refractivity contribution < 1.29 is 14.2 Å². The Kier molecular flexibility index (Phi) is 5.67. The first kappa shape index (κ1) is 15.4. The first-order valence-electron chi connectivity index (χ1n) is 7.02. The first-order chi connectivity index (χ1) is 10.2. The Hall–Kier alpha value is -1.97. The van der Waals surface area contributed by atoms with Crippen LogP contribution in [-0.4, -0.2) is 51.5 Å².